The van der Waals surface area contributed by atoms with Crippen molar-refractivity contribution in [3.63, 3.8) is 0 Å². The monoisotopic (exact) mass is 271 g/mol. The van der Waals surface area contributed by atoms with Gasteiger partial charge in [-0.25, -0.2) is 0 Å². The number of carbonyl (C=O) groups excluding carboxylic acids is 2. The largest absolute Gasteiger partial charge is 0.383 e. The first-order chi connectivity index (χ1) is 9.27. The van der Waals surface area contributed by atoms with Crippen LogP contribution in [0.4, 0.5) is 0 Å². The van der Waals surface area contributed by atoms with Crippen LogP contribution in [0.5, 0.6) is 0 Å². The van der Waals surface area contributed by atoms with Gasteiger partial charge in [0.25, 0.3) is 0 Å². The minimum atomic E-state index is -0.0605. The summed E-state index contributed by atoms with van der Waals surface area (Å²) >= 11 is 1.40. The summed E-state index contributed by atoms with van der Waals surface area (Å²) in [5.41, 5.74) is 0.660. The van der Waals surface area contributed by atoms with Gasteiger partial charge in [0.05, 0.1) is 11.4 Å². The normalized spacial score (nSPS) is 10.5. The number of thiophene rings is 1. The van der Waals surface area contributed by atoms with E-state index in [4.69, 9.17) is 0 Å². The second-order valence-corrected chi connectivity index (χ2v) is 4.79. The van der Waals surface area contributed by atoms with E-state index in [1.54, 1.807) is 18.2 Å². The van der Waals surface area contributed by atoms with Gasteiger partial charge >= 0.3 is 0 Å². The molecule has 4 heteroatoms. The molecule has 1 N–H and O–H groups in total. The van der Waals surface area contributed by atoms with E-state index >= 15 is 0 Å². The van der Waals surface area contributed by atoms with Gasteiger partial charge in [-0.05, 0) is 11.4 Å². The number of rotatable bonds is 6. The highest BCUT2D eigenvalue weighted by molar-refractivity contribution is 7.12. The minimum Gasteiger partial charge on any atom is -0.383 e. The van der Waals surface area contributed by atoms with Crippen molar-refractivity contribution >= 4 is 22.9 Å². The molecule has 19 heavy (non-hydrogen) atoms. The number of hydrogen-bond acceptors (Lipinski definition) is 4. The summed E-state index contributed by atoms with van der Waals surface area (Å²) in [7, 11) is 0. The number of benzene rings is 1. The van der Waals surface area contributed by atoms with Crippen molar-refractivity contribution in [2.75, 3.05) is 6.54 Å². The Kier molecular flexibility index (Phi) is 4.64. The van der Waals surface area contributed by atoms with Crippen LogP contribution in [0.15, 0.2) is 60.1 Å². The molecular weight excluding hydrogens is 258 g/mol. The fraction of sp³-hybridized carbons (Fsp3) is 0.0667. The van der Waals surface area contributed by atoms with E-state index in [1.807, 2.05) is 29.6 Å². The molecule has 96 valence electrons. The van der Waals surface area contributed by atoms with Crippen molar-refractivity contribution in [3.8, 4) is 0 Å². The molecule has 0 saturated carbocycles. The number of carbonyl (C=O) groups is 2. The van der Waals surface area contributed by atoms with Crippen LogP contribution in [-0.2, 0) is 0 Å². The van der Waals surface area contributed by atoms with E-state index in [-0.39, 0.29) is 18.1 Å². The molecule has 0 aliphatic heterocycles. The van der Waals surface area contributed by atoms with Crippen LogP contribution in [-0.4, -0.2) is 18.1 Å². The Balaban J connectivity index is 1.81. The van der Waals surface area contributed by atoms with Gasteiger partial charge in [-0.15, -0.1) is 11.3 Å². The molecule has 1 aromatic carbocycles. The summed E-state index contributed by atoms with van der Waals surface area (Å²) in [6.45, 7) is 0.179. The van der Waals surface area contributed by atoms with Crippen LogP contribution < -0.4 is 5.32 Å². The molecular formula is C15H13NO2S. The summed E-state index contributed by atoms with van der Waals surface area (Å²) < 4.78 is 0. The number of ketones is 2. The Morgan fingerprint density at radius 3 is 2.58 bits per heavy atom. The molecule has 0 atom stereocenters. The molecule has 1 heterocycles. The van der Waals surface area contributed by atoms with Crippen molar-refractivity contribution in [1.82, 2.24) is 5.32 Å². The van der Waals surface area contributed by atoms with Gasteiger partial charge in [0, 0.05) is 17.8 Å². The second kappa shape index (κ2) is 6.66. The van der Waals surface area contributed by atoms with Gasteiger partial charge < -0.3 is 5.32 Å². The Morgan fingerprint density at radius 2 is 1.89 bits per heavy atom. The summed E-state index contributed by atoms with van der Waals surface area (Å²) in [5.74, 6) is -0.0662. The third kappa shape index (κ3) is 3.89. The van der Waals surface area contributed by atoms with Gasteiger partial charge in [0.15, 0.2) is 11.6 Å². The number of allylic oxidation sites excluding steroid dienone is 1. The summed E-state index contributed by atoms with van der Waals surface area (Å²) in [6, 6.07) is 12.6. The molecule has 2 aromatic rings. The highest BCUT2D eigenvalue weighted by atomic mass is 32.1. The van der Waals surface area contributed by atoms with Gasteiger partial charge in [-0.3, -0.25) is 9.59 Å². The molecule has 0 saturated heterocycles. The first-order valence-corrected chi connectivity index (χ1v) is 6.71. The predicted octanol–water partition coefficient (Wildman–Crippen LogP) is 2.92. The van der Waals surface area contributed by atoms with Crippen LogP contribution in [0.25, 0.3) is 0 Å². The second-order valence-electron chi connectivity index (χ2n) is 3.84. The Hall–Kier alpha value is -2.20. The average molecular weight is 271 g/mol. The molecule has 0 amide bonds. The van der Waals surface area contributed by atoms with Crippen molar-refractivity contribution in [1.29, 1.82) is 0 Å². The fourth-order valence-electron chi connectivity index (χ4n) is 1.51. The smallest absolute Gasteiger partial charge is 0.197 e. The van der Waals surface area contributed by atoms with Gasteiger partial charge in [0.2, 0.25) is 0 Å². The third-order valence-corrected chi connectivity index (χ3v) is 3.36. The van der Waals surface area contributed by atoms with Crippen molar-refractivity contribution in [2.45, 2.75) is 0 Å². The highest BCUT2D eigenvalue weighted by Gasteiger charge is 2.03. The van der Waals surface area contributed by atoms with E-state index in [9.17, 15) is 9.59 Å². The lowest BCUT2D eigenvalue weighted by molar-refractivity contribution is 0.0992. The number of Topliss-reactive ketones (excluding diaryl/α,β-unsaturated/α-hetero) is 1. The average Bonchev–Trinajstić information content (AvgIpc) is 2.98. The molecule has 0 radical (unpaired) electrons. The molecule has 1 aromatic heterocycles. The molecule has 0 fully saturated rings. The van der Waals surface area contributed by atoms with Crippen LogP contribution >= 0.6 is 11.3 Å². The van der Waals surface area contributed by atoms with E-state index in [2.05, 4.69) is 5.32 Å². The maximum Gasteiger partial charge on any atom is 0.197 e. The van der Waals surface area contributed by atoms with E-state index in [1.165, 1.54) is 23.6 Å². The zero-order valence-corrected chi connectivity index (χ0v) is 11.0. The zero-order chi connectivity index (χ0) is 13.5. The molecule has 0 aliphatic rings. The van der Waals surface area contributed by atoms with Crippen LogP contribution in [0.3, 0.4) is 0 Å². The molecule has 0 unspecified atom stereocenters. The molecule has 2 rings (SSSR count). The Labute approximate surface area is 115 Å². The lowest BCUT2D eigenvalue weighted by atomic mass is 10.1. The molecule has 0 aliphatic carbocycles. The van der Waals surface area contributed by atoms with E-state index in [0.717, 1.165) is 0 Å². The summed E-state index contributed by atoms with van der Waals surface area (Å²) in [4.78, 5) is 24.0. The van der Waals surface area contributed by atoms with E-state index in [0.29, 0.717) is 10.4 Å². The first kappa shape index (κ1) is 13.2. The van der Waals surface area contributed by atoms with Crippen molar-refractivity contribution in [2.24, 2.45) is 0 Å². The summed E-state index contributed by atoms with van der Waals surface area (Å²) in [6.07, 6.45) is 2.95. The quantitative estimate of drug-likeness (QED) is 0.649. The highest BCUT2D eigenvalue weighted by Crippen LogP contribution is 2.09. The standard InChI is InChI=1S/C15H13NO2S/c17-13(15-7-4-10-19-15)8-9-16-11-14(18)12-5-2-1-3-6-12/h1-10,16H,11H2/b9-8-. The summed E-state index contributed by atoms with van der Waals surface area (Å²) in [5, 5.41) is 4.68. The van der Waals surface area contributed by atoms with Crippen LogP contribution in [0.2, 0.25) is 0 Å². The molecule has 0 bridgehead atoms. The zero-order valence-electron chi connectivity index (χ0n) is 10.2. The Bertz CT molecular complexity index is 573. The molecule has 0 spiro atoms. The van der Waals surface area contributed by atoms with Gasteiger partial charge in [0.1, 0.15) is 0 Å². The Morgan fingerprint density at radius 1 is 1.11 bits per heavy atom. The lowest BCUT2D eigenvalue weighted by Gasteiger charge is -2.00. The van der Waals surface area contributed by atoms with Crippen LogP contribution in [0.1, 0.15) is 20.0 Å². The predicted molar refractivity (Wildman–Crippen MR) is 76.6 cm³/mol. The SMILES string of the molecule is O=C(CN/C=C\C(=O)c1cccs1)c1ccccc1. The fourth-order valence-corrected chi connectivity index (χ4v) is 2.16. The maximum absolute atomic E-state index is 11.7. The maximum atomic E-state index is 11.7. The van der Waals surface area contributed by atoms with Gasteiger partial charge in [-0.1, -0.05) is 36.4 Å². The molecule has 3 nitrogen and oxygen atoms in total. The minimum absolute atomic E-state index is 0.00572. The first-order valence-electron chi connectivity index (χ1n) is 5.83. The number of nitrogens with one attached hydrogen (secondary N) is 1. The third-order valence-electron chi connectivity index (χ3n) is 2.47. The van der Waals surface area contributed by atoms with E-state index < -0.39 is 0 Å². The topological polar surface area (TPSA) is 46.2 Å². The van der Waals surface area contributed by atoms with Gasteiger partial charge in [-0.2, -0.15) is 0 Å². The number of hydrogen-bond donors (Lipinski definition) is 1. The van der Waals surface area contributed by atoms with Crippen molar-refractivity contribution in [3.05, 3.63) is 70.6 Å². The van der Waals surface area contributed by atoms with Crippen LogP contribution in [0, 0.1) is 0 Å². The lowest BCUT2D eigenvalue weighted by Crippen LogP contribution is -2.18. The van der Waals surface area contributed by atoms with Crippen molar-refractivity contribution < 1.29 is 9.59 Å².